The first-order valence-electron chi connectivity index (χ1n) is 7.64. The SMILES string of the molecule is CCCCCCC(=O)c1ccc(OC[C@@](C)(N)CO)cc1. The number of carbonyl (C=O) groups is 1. The molecule has 0 spiro atoms. The topological polar surface area (TPSA) is 72.5 Å². The van der Waals surface area contributed by atoms with Gasteiger partial charge in [-0.15, -0.1) is 0 Å². The fraction of sp³-hybridized carbons (Fsp3) is 0.588. The predicted molar refractivity (Wildman–Crippen MR) is 84.7 cm³/mol. The van der Waals surface area contributed by atoms with Crippen molar-refractivity contribution < 1.29 is 14.6 Å². The fourth-order valence-corrected chi connectivity index (χ4v) is 1.89. The van der Waals surface area contributed by atoms with Crippen molar-refractivity contribution in [2.75, 3.05) is 13.2 Å². The molecule has 0 aliphatic carbocycles. The molecule has 0 saturated heterocycles. The van der Waals surface area contributed by atoms with Crippen molar-refractivity contribution in [3.63, 3.8) is 0 Å². The summed E-state index contributed by atoms with van der Waals surface area (Å²) in [4.78, 5) is 12.0. The molecule has 1 atom stereocenters. The first kappa shape index (κ1) is 17.7. The number of ether oxygens (including phenoxy) is 1. The molecule has 0 radical (unpaired) electrons. The number of carbonyl (C=O) groups excluding carboxylic acids is 1. The van der Waals surface area contributed by atoms with E-state index in [2.05, 4.69) is 6.92 Å². The Kier molecular flexibility index (Phi) is 7.40. The largest absolute Gasteiger partial charge is 0.492 e. The van der Waals surface area contributed by atoms with E-state index in [9.17, 15) is 4.79 Å². The van der Waals surface area contributed by atoms with Gasteiger partial charge in [-0.1, -0.05) is 26.2 Å². The Morgan fingerprint density at radius 3 is 2.48 bits per heavy atom. The minimum Gasteiger partial charge on any atom is -0.492 e. The fourth-order valence-electron chi connectivity index (χ4n) is 1.89. The Labute approximate surface area is 127 Å². The van der Waals surface area contributed by atoms with Gasteiger partial charge in [-0.2, -0.15) is 0 Å². The minimum absolute atomic E-state index is 0.138. The van der Waals surface area contributed by atoms with Crippen molar-refractivity contribution in [1.29, 1.82) is 0 Å². The molecule has 0 heterocycles. The molecule has 0 fully saturated rings. The van der Waals surface area contributed by atoms with E-state index >= 15 is 0 Å². The molecule has 0 saturated carbocycles. The molecule has 118 valence electrons. The molecule has 0 amide bonds. The molecular weight excluding hydrogens is 266 g/mol. The highest BCUT2D eigenvalue weighted by molar-refractivity contribution is 5.96. The van der Waals surface area contributed by atoms with Crippen LogP contribution in [0, 0.1) is 0 Å². The standard InChI is InChI=1S/C17H27NO3/c1-3-4-5-6-7-16(20)14-8-10-15(11-9-14)21-13-17(2,18)12-19/h8-11,19H,3-7,12-13,18H2,1-2H3/t17-/m0/s1. The maximum atomic E-state index is 12.0. The van der Waals surface area contributed by atoms with Crippen molar-refractivity contribution in [1.82, 2.24) is 0 Å². The summed E-state index contributed by atoms with van der Waals surface area (Å²) in [5, 5.41) is 9.06. The molecule has 0 bridgehead atoms. The van der Waals surface area contributed by atoms with E-state index in [0.29, 0.717) is 12.2 Å². The minimum atomic E-state index is -0.756. The second-order valence-electron chi connectivity index (χ2n) is 5.86. The van der Waals surface area contributed by atoms with Crippen LogP contribution in [0.1, 0.15) is 56.3 Å². The third-order valence-electron chi connectivity index (χ3n) is 3.36. The van der Waals surface area contributed by atoms with E-state index in [1.54, 1.807) is 31.2 Å². The second-order valence-corrected chi connectivity index (χ2v) is 5.86. The number of aliphatic hydroxyl groups is 1. The van der Waals surface area contributed by atoms with E-state index in [1.807, 2.05) is 0 Å². The lowest BCUT2D eigenvalue weighted by Crippen LogP contribution is -2.45. The van der Waals surface area contributed by atoms with Crippen molar-refractivity contribution in [3.05, 3.63) is 29.8 Å². The molecule has 0 aliphatic rings. The Morgan fingerprint density at radius 2 is 1.90 bits per heavy atom. The summed E-state index contributed by atoms with van der Waals surface area (Å²) in [6.45, 7) is 3.97. The highest BCUT2D eigenvalue weighted by Gasteiger charge is 2.17. The van der Waals surface area contributed by atoms with Crippen LogP contribution in [0.4, 0.5) is 0 Å². The lowest BCUT2D eigenvalue weighted by molar-refractivity contribution is 0.0979. The Hall–Kier alpha value is -1.39. The van der Waals surface area contributed by atoms with Crippen LogP contribution in [-0.4, -0.2) is 29.6 Å². The molecule has 1 aromatic rings. The lowest BCUT2D eigenvalue weighted by Gasteiger charge is -2.21. The summed E-state index contributed by atoms with van der Waals surface area (Å²) in [5.74, 6) is 0.833. The smallest absolute Gasteiger partial charge is 0.162 e. The van der Waals surface area contributed by atoms with Crippen LogP contribution in [0.25, 0.3) is 0 Å². The number of Topliss-reactive ketones (excluding diaryl/α,β-unsaturated/α-hetero) is 1. The van der Waals surface area contributed by atoms with Crippen LogP contribution < -0.4 is 10.5 Å². The molecule has 0 unspecified atom stereocenters. The number of benzene rings is 1. The van der Waals surface area contributed by atoms with E-state index < -0.39 is 5.54 Å². The highest BCUT2D eigenvalue weighted by atomic mass is 16.5. The predicted octanol–water partition coefficient (Wildman–Crippen LogP) is 2.93. The number of ketones is 1. The monoisotopic (exact) mass is 293 g/mol. The summed E-state index contributed by atoms with van der Waals surface area (Å²) in [6.07, 6.45) is 5.02. The van der Waals surface area contributed by atoms with Gasteiger partial charge >= 0.3 is 0 Å². The van der Waals surface area contributed by atoms with Crippen molar-refractivity contribution in [2.45, 2.75) is 51.5 Å². The van der Waals surface area contributed by atoms with Gasteiger partial charge in [0.1, 0.15) is 12.4 Å². The van der Waals surface area contributed by atoms with Crippen LogP contribution in [0.2, 0.25) is 0 Å². The van der Waals surface area contributed by atoms with E-state index in [0.717, 1.165) is 18.4 Å². The highest BCUT2D eigenvalue weighted by Crippen LogP contribution is 2.16. The van der Waals surface area contributed by atoms with Crippen LogP contribution in [0.5, 0.6) is 5.75 Å². The summed E-state index contributed by atoms with van der Waals surface area (Å²) in [5.41, 5.74) is 5.76. The molecule has 3 N–H and O–H groups in total. The first-order chi connectivity index (χ1) is 9.98. The molecule has 1 rings (SSSR count). The molecule has 4 nitrogen and oxygen atoms in total. The van der Waals surface area contributed by atoms with Gasteiger partial charge in [-0.05, 0) is 37.6 Å². The maximum Gasteiger partial charge on any atom is 0.162 e. The van der Waals surface area contributed by atoms with E-state index in [4.69, 9.17) is 15.6 Å². The molecule has 0 aromatic heterocycles. The average Bonchev–Trinajstić information content (AvgIpc) is 2.50. The van der Waals surface area contributed by atoms with Crippen molar-refractivity contribution >= 4 is 5.78 Å². The van der Waals surface area contributed by atoms with Gasteiger partial charge in [0, 0.05) is 12.0 Å². The number of hydrogen-bond acceptors (Lipinski definition) is 4. The summed E-state index contributed by atoms with van der Waals surface area (Å²) in [7, 11) is 0. The first-order valence-corrected chi connectivity index (χ1v) is 7.64. The summed E-state index contributed by atoms with van der Waals surface area (Å²) < 4.78 is 5.51. The third-order valence-corrected chi connectivity index (χ3v) is 3.36. The van der Waals surface area contributed by atoms with Gasteiger partial charge in [0.25, 0.3) is 0 Å². The zero-order valence-corrected chi connectivity index (χ0v) is 13.1. The van der Waals surface area contributed by atoms with Crippen molar-refractivity contribution in [2.24, 2.45) is 5.73 Å². The van der Waals surface area contributed by atoms with Gasteiger partial charge in [0.15, 0.2) is 5.78 Å². The Balaban J connectivity index is 2.44. The molecule has 0 aliphatic heterocycles. The lowest BCUT2D eigenvalue weighted by atomic mass is 10.0. The van der Waals surface area contributed by atoms with Crippen LogP contribution >= 0.6 is 0 Å². The van der Waals surface area contributed by atoms with Crippen LogP contribution in [0.15, 0.2) is 24.3 Å². The normalized spacial score (nSPS) is 13.7. The van der Waals surface area contributed by atoms with Crippen molar-refractivity contribution in [3.8, 4) is 5.75 Å². The van der Waals surface area contributed by atoms with E-state index in [-0.39, 0.29) is 19.0 Å². The van der Waals surface area contributed by atoms with Gasteiger partial charge in [0.2, 0.25) is 0 Å². The Morgan fingerprint density at radius 1 is 1.24 bits per heavy atom. The number of unbranched alkanes of at least 4 members (excludes halogenated alkanes) is 3. The number of nitrogens with two attached hydrogens (primary N) is 1. The molecule has 1 aromatic carbocycles. The van der Waals surface area contributed by atoms with Gasteiger partial charge in [-0.25, -0.2) is 0 Å². The quantitative estimate of drug-likeness (QED) is 0.514. The average molecular weight is 293 g/mol. The number of hydrogen-bond donors (Lipinski definition) is 2. The van der Waals surface area contributed by atoms with Gasteiger partial charge in [0.05, 0.1) is 12.1 Å². The van der Waals surface area contributed by atoms with Crippen LogP contribution in [-0.2, 0) is 0 Å². The van der Waals surface area contributed by atoms with E-state index in [1.165, 1.54) is 12.8 Å². The summed E-state index contributed by atoms with van der Waals surface area (Å²) in [6, 6.07) is 7.11. The van der Waals surface area contributed by atoms with Gasteiger partial charge < -0.3 is 15.6 Å². The maximum absolute atomic E-state index is 12.0. The number of aliphatic hydroxyl groups excluding tert-OH is 1. The van der Waals surface area contributed by atoms with Crippen LogP contribution in [0.3, 0.4) is 0 Å². The number of rotatable bonds is 10. The molecule has 4 heteroatoms. The second kappa shape index (κ2) is 8.80. The summed E-state index contributed by atoms with van der Waals surface area (Å²) >= 11 is 0. The van der Waals surface area contributed by atoms with Gasteiger partial charge in [-0.3, -0.25) is 4.79 Å². The zero-order chi connectivity index (χ0) is 15.7. The third kappa shape index (κ3) is 6.74. The molecular formula is C17H27NO3. The Bertz CT molecular complexity index is 426. The zero-order valence-electron chi connectivity index (χ0n) is 13.1. The molecule has 21 heavy (non-hydrogen) atoms.